The van der Waals surface area contributed by atoms with Crippen molar-refractivity contribution >= 4 is 35.1 Å². The molecule has 0 saturated carbocycles. The zero-order valence-electron chi connectivity index (χ0n) is 12.5. The predicted molar refractivity (Wildman–Crippen MR) is 85.1 cm³/mol. The highest BCUT2D eigenvalue weighted by Crippen LogP contribution is 2.27. The SMILES string of the molecule is C[C@@H](Oc1ccc(Cl)c(Cl)c1)C(=O)N1CCO[C@H](CC(=O)O)C1. The lowest BCUT2D eigenvalue weighted by Crippen LogP contribution is -2.50. The summed E-state index contributed by atoms with van der Waals surface area (Å²) in [5.41, 5.74) is 0. The van der Waals surface area contributed by atoms with Gasteiger partial charge in [0, 0.05) is 19.2 Å². The van der Waals surface area contributed by atoms with Crippen molar-refractivity contribution in [3.05, 3.63) is 28.2 Å². The number of amides is 1. The van der Waals surface area contributed by atoms with Crippen LogP contribution in [0.4, 0.5) is 0 Å². The molecule has 2 atom stereocenters. The summed E-state index contributed by atoms with van der Waals surface area (Å²) in [5, 5.41) is 9.56. The first-order valence-electron chi connectivity index (χ1n) is 7.10. The Morgan fingerprint density at radius 2 is 2.17 bits per heavy atom. The van der Waals surface area contributed by atoms with Gasteiger partial charge in [0.2, 0.25) is 0 Å². The Labute approximate surface area is 143 Å². The van der Waals surface area contributed by atoms with Crippen LogP contribution in [0.1, 0.15) is 13.3 Å². The van der Waals surface area contributed by atoms with Crippen LogP contribution in [0.25, 0.3) is 0 Å². The van der Waals surface area contributed by atoms with Crippen molar-refractivity contribution in [1.82, 2.24) is 4.90 Å². The normalized spacial score (nSPS) is 19.3. The van der Waals surface area contributed by atoms with Crippen LogP contribution < -0.4 is 4.74 Å². The molecular weight excluding hydrogens is 345 g/mol. The molecule has 0 aromatic heterocycles. The molecule has 23 heavy (non-hydrogen) atoms. The Balaban J connectivity index is 1.95. The van der Waals surface area contributed by atoms with Crippen molar-refractivity contribution in [1.29, 1.82) is 0 Å². The van der Waals surface area contributed by atoms with Crippen molar-refractivity contribution < 1.29 is 24.2 Å². The van der Waals surface area contributed by atoms with E-state index in [1.54, 1.807) is 30.0 Å². The predicted octanol–water partition coefficient (Wildman–Crippen LogP) is 2.46. The van der Waals surface area contributed by atoms with E-state index in [1.807, 2.05) is 0 Å². The molecule has 1 fully saturated rings. The molecule has 0 bridgehead atoms. The maximum atomic E-state index is 12.4. The van der Waals surface area contributed by atoms with E-state index < -0.39 is 18.2 Å². The summed E-state index contributed by atoms with van der Waals surface area (Å²) in [6, 6.07) is 4.76. The molecule has 8 heteroatoms. The third kappa shape index (κ3) is 4.99. The van der Waals surface area contributed by atoms with E-state index in [0.29, 0.717) is 28.9 Å². The number of benzene rings is 1. The molecule has 1 amide bonds. The first kappa shape index (κ1) is 17.8. The van der Waals surface area contributed by atoms with E-state index in [9.17, 15) is 9.59 Å². The number of morpholine rings is 1. The smallest absolute Gasteiger partial charge is 0.306 e. The minimum Gasteiger partial charge on any atom is -0.481 e. The highest BCUT2D eigenvalue weighted by molar-refractivity contribution is 6.42. The van der Waals surface area contributed by atoms with E-state index in [4.69, 9.17) is 37.8 Å². The third-order valence-electron chi connectivity index (χ3n) is 3.40. The van der Waals surface area contributed by atoms with Crippen LogP contribution in [0.3, 0.4) is 0 Å². The number of rotatable bonds is 5. The quantitative estimate of drug-likeness (QED) is 0.871. The lowest BCUT2D eigenvalue weighted by Gasteiger charge is -2.33. The molecule has 1 aromatic carbocycles. The lowest BCUT2D eigenvalue weighted by molar-refractivity contribution is -0.151. The summed E-state index contributed by atoms with van der Waals surface area (Å²) in [6.45, 7) is 2.58. The number of carboxylic acids is 1. The molecule has 0 aliphatic carbocycles. The number of aliphatic carboxylic acids is 1. The van der Waals surface area contributed by atoms with Crippen LogP contribution in [0.2, 0.25) is 10.0 Å². The average molecular weight is 362 g/mol. The Morgan fingerprint density at radius 3 is 2.83 bits per heavy atom. The van der Waals surface area contributed by atoms with E-state index in [0.717, 1.165) is 0 Å². The summed E-state index contributed by atoms with van der Waals surface area (Å²) >= 11 is 11.7. The first-order chi connectivity index (χ1) is 10.9. The number of carboxylic acid groups (broad SMARTS) is 1. The number of hydrogen-bond acceptors (Lipinski definition) is 4. The van der Waals surface area contributed by atoms with Crippen LogP contribution in [-0.4, -0.2) is 53.8 Å². The molecule has 1 aliphatic rings. The number of carbonyl (C=O) groups is 2. The number of carbonyl (C=O) groups excluding carboxylic acids is 1. The Hall–Kier alpha value is -1.50. The zero-order valence-corrected chi connectivity index (χ0v) is 14.0. The summed E-state index contributed by atoms with van der Waals surface area (Å²) in [4.78, 5) is 24.7. The monoisotopic (exact) mass is 361 g/mol. The second-order valence-electron chi connectivity index (χ2n) is 5.21. The molecule has 1 heterocycles. The van der Waals surface area contributed by atoms with Gasteiger partial charge in [-0.2, -0.15) is 0 Å². The van der Waals surface area contributed by atoms with Crippen LogP contribution in [0.5, 0.6) is 5.75 Å². The van der Waals surface area contributed by atoms with Crippen molar-refractivity contribution in [2.24, 2.45) is 0 Å². The fraction of sp³-hybridized carbons (Fsp3) is 0.467. The van der Waals surface area contributed by atoms with Gasteiger partial charge in [-0.15, -0.1) is 0 Å². The van der Waals surface area contributed by atoms with Gasteiger partial charge in [0.1, 0.15) is 5.75 Å². The van der Waals surface area contributed by atoms with Gasteiger partial charge in [-0.1, -0.05) is 23.2 Å². The summed E-state index contributed by atoms with van der Waals surface area (Å²) < 4.78 is 10.9. The molecule has 1 N–H and O–H groups in total. The maximum Gasteiger partial charge on any atom is 0.306 e. The maximum absolute atomic E-state index is 12.4. The Kier molecular flexibility index (Phi) is 6.10. The molecule has 0 radical (unpaired) electrons. The van der Waals surface area contributed by atoms with Crippen LogP contribution in [0, 0.1) is 0 Å². The van der Waals surface area contributed by atoms with Crippen LogP contribution >= 0.6 is 23.2 Å². The molecule has 0 spiro atoms. The largest absolute Gasteiger partial charge is 0.481 e. The second kappa shape index (κ2) is 7.86. The van der Waals surface area contributed by atoms with Gasteiger partial charge in [0.05, 0.1) is 29.2 Å². The van der Waals surface area contributed by atoms with Crippen molar-refractivity contribution in [2.75, 3.05) is 19.7 Å². The molecule has 126 valence electrons. The minimum absolute atomic E-state index is 0.133. The van der Waals surface area contributed by atoms with Gasteiger partial charge in [0.25, 0.3) is 5.91 Å². The van der Waals surface area contributed by atoms with Crippen LogP contribution in [-0.2, 0) is 14.3 Å². The van der Waals surface area contributed by atoms with Crippen molar-refractivity contribution in [3.8, 4) is 5.75 Å². The topological polar surface area (TPSA) is 76.1 Å². The zero-order chi connectivity index (χ0) is 17.0. The number of nitrogens with zero attached hydrogens (tertiary/aromatic N) is 1. The Bertz CT molecular complexity index is 595. The van der Waals surface area contributed by atoms with Gasteiger partial charge < -0.3 is 19.5 Å². The molecule has 6 nitrogen and oxygen atoms in total. The van der Waals surface area contributed by atoms with Gasteiger partial charge in [-0.3, -0.25) is 9.59 Å². The fourth-order valence-corrected chi connectivity index (χ4v) is 2.59. The molecule has 1 saturated heterocycles. The number of halogens is 2. The highest BCUT2D eigenvalue weighted by Gasteiger charge is 2.29. The molecular formula is C15H17Cl2NO5. The van der Waals surface area contributed by atoms with Crippen LogP contribution in [0.15, 0.2) is 18.2 Å². The number of ether oxygens (including phenoxy) is 2. The third-order valence-corrected chi connectivity index (χ3v) is 4.14. The highest BCUT2D eigenvalue weighted by atomic mass is 35.5. The van der Waals surface area contributed by atoms with E-state index >= 15 is 0 Å². The minimum atomic E-state index is -0.954. The molecule has 2 rings (SSSR count). The summed E-state index contributed by atoms with van der Waals surface area (Å²) in [6.07, 6.45) is -1.36. The molecule has 0 unspecified atom stereocenters. The molecule has 1 aliphatic heterocycles. The number of hydrogen-bond donors (Lipinski definition) is 1. The van der Waals surface area contributed by atoms with Crippen molar-refractivity contribution in [3.63, 3.8) is 0 Å². The summed E-state index contributed by atoms with van der Waals surface area (Å²) in [5.74, 6) is -0.741. The summed E-state index contributed by atoms with van der Waals surface area (Å²) in [7, 11) is 0. The average Bonchev–Trinajstić information content (AvgIpc) is 2.49. The van der Waals surface area contributed by atoms with E-state index in [-0.39, 0.29) is 18.9 Å². The van der Waals surface area contributed by atoms with Crippen molar-refractivity contribution in [2.45, 2.75) is 25.6 Å². The second-order valence-corrected chi connectivity index (χ2v) is 6.03. The van der Waals surface area contributed by atoms with Gasteiger partial charge in [-0.25, -0.2) is 0 Å². The van der Waals surface area contributed by atoms with Gasteiger partial charge in [-0.05, 0) is 19.1 Å². The van der Waals surface area contributed by atoms with E-state index in [2.05, 4.69) is 0 Å². The van der Waals surface area contributed by atoms with Gasteiger partial charge >= 0.3 is 5.97 Å². The standard InChI is InChI=1S/C15H17Cl2NO5/c1-9(23-10-2-3-12(16)13(17)6-10)15(21)18-4-5-22-11(8-18)7-14(19)20/h2-3,6,9,11H,4-5,7-8H2,1H3,(H,19,20)/t9-,11-/m1/s1. The molecule has 1 aromatic rings. The first-order valence-corrected chi connectivity index (χ1v) is 7.86. The Morgan fingerprint density at radius 1 is 1.43 bits per heavy atom. The van der Waals surface area contributed by atoms with Gasteiger partial charge in [0.15, 0.2) is 6.10 Å². The van der Waals surface area contributed by atoms with E-state index in [1.165, 1.54) is 0 Å². The fourth-order valence-electron chi connectivity index (χ4n) is 2.30. The lowest BCUT2D eigenvalue weighted by atomic mass is 10.2.